The van der Waals surface area contributed by atoms with Gasteiger partial charge in [-0.1, -0.05) is 0 Å². The van der Waals surface area contributed by atoms with Crippen LogP contribution in [0.3, 0.4) is 0 Å². The van der Waals surface area contributed by atoms with Gasteiger partial charge in [0.05, 0.1) is 16.6 Å². The zero-order valence-corrected chi connectivity index (χ0v) is 12.0. The highest BCUT2D eigenvalue weighted by Crippen LogP contribution is 2.15. The van der Waals surface area contributed by atoms with Gasteiger partial charge < -0.3 is 10.1 Å². The van der Waals surface area contributed by atoms with Gasteiger partial charge in [-0.3, -0.25) is 0 Å². The molecule has 4 nitrogen and oxygen atoms in total. The molecule has 1 fully saturated rings. The van der Waals surface area contributed by atoms with Gasteiger partial charge in [0.15, 0.2) is 9.84 Å². The van der Waals surface area contributed by atoms with Crippen molar-refractivity contribution in [3.63, 3.8) is 0 Å². The Morgan fingerprint density at radius 3 is 2.53 bits per heavy atom. The maximum Gasteiger partial charge on any atom is 0.156 e. The van der Waals surface area contributed by atoms with E-state index in [9.17, 15) is 8.42 Å². The topological polar surface area (TPSA) is 55.4 Å². The lowest BCUT2D eigenvalue weighted by Gasteiger charge is -2.23. The van der Waals surface area contributed by atoms with E-state index in [-0.39, 0.29) is 11.9 Å². The van der Waals surface area contributed by atoms with E-state index in [1.807, 2.05) is 0 Å². The Kier molecular flexibility index (Phi) is 5.41. The monoisotopic (exact) mass is 263 g/mol. The highest BCUT2D eigenvalue weighted by molar-refractivity contribution is 7.92. The molecule has 0 spiro atoms. The first kappa shape index (κ1) is 14.9. The third kappa shape index (κ3) is 4.94. The van der Waals surface area contributed by atoms with Crippen LogP contribution in [0.1, 0.15) is 40.0 Å². The van der Waals surface area contributed by atoms with Crippen LogP contribution in [0.2, 0.25) is 0 Å². The Morgan fingerprint density at radius 2 is 2.00 bits per heavy atom. The summed E-state index contributed by atoms with van der Waals surface area (Å²) in [5.74, 6) is 0.198. The average Bonchev–Trinajstić information content (AvgIpc) is 2.24. The number of hydrogen-bond acceptors (Lipinski definition) is 4. The molecule has 1 atom stereocenters. The number of rotatable bonds is 5. The molecule has 0 saturated carbocycles. The van der Waals surface area contributed by atoms with Gasteiger partial charge in [0.1, 0.15) is 0 Å². The summed E-state index contributed by atoms with van der Waals surface area (Å²) in [6, 6.07) is 0. The molecule has 0 aliphatic carbocycles. The van der Waals surface area contributed by atoms with Gasteiger partial charge >= 0.3 is 0 Å². The maximum absolute atomic E-state index is 11.8. The van der Waals surface area contributed by atoms with Crippen LogP contribution in [0.5, 0.6) is 0 Å². The summed E-state index contributed by atoms with van der Waals surface area (Å²) in [5, 5.41) is 3.18. The van der Waals surface area contributed by atoms with Gasteiger partial charge in [-0.15, -0.1) is 0 Å². The molecule has 1 saturated heterocycles. The van der Waals surface area contributed by atoms with Gasteiger partial charge in [-0.05, 0) is 40.0 Å². The van der Waals surface area contributed by atoms with Crippen LogP contribution in [-0.4, -0.2) is 44.7 Å². The summed E-state index contributed by atoms with van der Waals surface area (Å²) in [6.45, 7) is 7.34. The lowest BCUT2D eigenvalue weighted by molar-refractivity contribution is 0.0173. The normalized spacial score (nSPS) is 22.6. The minimum Gasteiger partial charge on any atom is -0.377 e. The van der Waals surface area contributed by atoms with Crippen LogP contribution < -0.4 is 5.32 Å². The van der Waals surface area contributed by atoms with Crippen molar-refractivity contribution < 1.29 is 13.2 Å². The van der Waals surface area contributed by atoms with Crippen molar-refractivity contribution in [1.82, 2.24) is 5.32 Å². The molecule has 17 heavy (non-hydrogen) atoms. The van der Waals surface area contributed by atoms with Crippen LogP contribution >= 0.6 is 0 Å². The Bertz CT molecular complexity index is 313. The van der Waals surface area contributed by atoms with E-state index in [2.05, 4.69) is 5.32 Å². The van der Waals surface area contributed by atoms with E-state index in [4.69, 9.17) is 4.74 Å². The molecule has 0 amide bonds. The molecule has 1 heterocycles. The second-order valence-electron chi connectivity index (χ2n) is 5.62. The molecule has 0 radical (unpaired) electrons. The summed E-state index contributed by atoms with van der Waals surface area (Å²) in [4.78, 5) is 0. The van der Waals surface area contributed by atoms with Crippen molar-refractivity contribution in [2.45, 2.75) is 50.9 Å². The van der Waals surface area contributed by atoms with Crippen LogP contribution in [0.4, 0.5) is 0 Å². The third-order valence-corrected chi connectivity index (χ3v) is 5.73. The SMILES string of the molecule is CC(C)(C)S(=O)(=O)CCNCC1CCCCO1. The predicted octanol–water partition coefficient (Wildman–Crippen LogP) is 1.36. The molecule has 1 unspecified atom stereocenters. The quantitative estimate of drug-likeness (QED) is 0.761. The molecule has 0 aromatic carbocycles. The molecule has 1 rings (SSSR count). The van der Waals surface area contributed by atoms with Crippen LogP contribution in [0.15, 0.2) is 0 Å². The fraction of sp³-hybridized carbons (Fsp3) is 1.00. The Labute approximate surface area is 105 Å². The summed E-state index contributed by atoms with van der Waals surface area (Å²) < 4.78 is 28.6. The van der Waals surface area contributed by atoms with Crippen molar-refractivity contribution >= 4 is 9.84 Å². The smallest absolute Gasteiger partial charge is 0.156 e. The van der Waals surface area contributed by atoms with Crippen LogP contribution in [0.25, 0.3) is 0 Å². The first-order chi connectivity index (χ1) is 7.83. The lowest BCUT2D eigenvalue weighted by Crippen LogP contribution is -2.38. The molecule has 0 aromatic rings. The van der Waals surface area contributed by atoms with Gasteiger partial charge in [0, 0.05) is 19.7 Å². The minimum atomic E-state index is -3.00. The maximum atomic E-state index is 11.8. The zero-order valence-electron chi connectivity index (χ0n) is 11.2. The zero-order chi connectivity index (χ0) is 12.9. The largest absolute Gasteiger partial charge is 0.377 e. The standard InChI is InChI=1S/C12H25NO3S/c1-12(2,3)17(14,15)9-7-13-10-11-6-4-5-8-16-11/h11,13H,4-10H2,1-3H3. The molecular weight excluding hydrogens is 238 g/mol. The highest BCUT2D eigenvalue weighted by Gasteiger charge is 2.28. The van der Waals surface area contributed by atoms with Crippen molar-refractivity contribution in [2.24, 2.45) is 0 Å². The molecule has 1 N–H and O–H groups in total. The van der Waals surface area contributed by atoms with Crippen molar-refractivity contribution in [1.29, 1.82) is 0 Å². The number of hydrogen-bond donors (Lipinski definition) is 1. The van der Waals surface area contributed by atoms with E-state index in [0.29, 0.717) is 6.54 Å². The molecule has 1 aliphatic rings. The molecule has 1 aliphatic heterocycles. The van der Waals surface area contributed by atoms with Gasteiger partial charge in [0.25, 0.3) is 0 Å². The predicted molar refractivity (Wildman–Crippen MR) is 70.0 cm³/mol. The van der Waals surface area contributed by atoms with Crippen molar-refractivity contribution in [3.8, 4) is 0 Å². The summed E-state index contributed by atoms with van der Waals surface area (Å²) >= 11 is 0. The van der Waals surface area contributed by atoms with E-state index in [0.717, 1.165) is 26.0 Å². The first-order valence-corrected chi connectivity index (χ1v) is 8.03. The summed E-state index contributed by atoms with van der Waals surface area (Å²) in [6.07, 6.45) is 3.71. The second kappa shape index (κ2) is 6.16. The van der Waals surface area contributed by atoms with Gasteiger partial charge in [-0.2, -0.15) is 0 Å². The Balaban J connectivity index is 2.19. The number of sulfone groups is 1. The van der Waals surface area contributed by atoms with Crippen molar-refractivity contribution in [3.05, 3.63) is 0 Å². The van der Waals surface area contributed by atoms with E-state index < -0.39 is 14.6 Å². The fourth-order valence-corrected chi connectivity index (χ4v) is 2.77. The first-order valence-electron chi connectivity index (χ1n) is 6.37. The summed E-state index contributed by atoms with van der Waals surface area (Å²) in [5.41, 5.74) is 0. The molecule has 0 aromatic heterocycles. The number of ether oxygens (including phenoxy) is 1. The second-order valence-corrected chi connectivity index (χ2v) is 8.49. The van der Waals surface area contributed by atoms with E-state index in [1.54, 1.807) is 20.8 Å². The minimum absolute atomic E-state index is 0.198. The van der Waals surface area contributed by atoms with Gasteiger partial charge in [0.2, 0.25) is 0 Å². The van der Waals surface area contributed by atoms with Crippen LogP contribution in [0, 0.1) is 0 Å². The van der Waals surface area contributed by atoms with E-state index >= 15 is 0 Å². The van der Waals surface area contributed by atoms with E-state index in [1.165, 1.54) is 6.42 Å². The Hall–Kier alpha value is -0.130. The molecular formula is C12H25NO3S. The Morgan fingerprint density at radius 1 is 1.29 bits per heavy atom. The molecule has 102 valence electrons. The van der Waals surface area contributed by atoms with Crippen molar-refractivity contribution in [2.75, 3.05) is 25.4 Å². The third-order valence-electron chi connectivity index (χ3n) is 3.13. The lowest BCUT2D eigenvalue weighted by atomic mass is 10.1. The fourth-order valence-electron chi connectivity index (χ4n) is 1.74. The number of nitrogens with one attached hydrogen (secondary N) is 1. The molecule has 0 bridgehead atoms. The average molecular weight is 263 g/mol. The summed E-state index contributed by atoms with van der Waals surface area (Å²) in [7, 11) is -3.00. The highest BCUT2D eigenvalue weighted by atomic mass is 32.2. The van der Waals surface area contributed by atoms with Gasteiger partial charge in [-0.25, -0.2) is 8.42 Å². The molecule has 5 heteroatoms. The van der Waals surface area contributed by atoms with Crippen LogP contribution in [-0.2, 0) is 14.6 Å².